The second kappa shape index (κ2) is 8.13. The summed E-state index contributed by atoms with van der Waals surface area (Å²) in [6, 6.07) is 8.19. The third-order valence-electron chi connectivity index (χ3n) is 3.59. The largest absolute Gasteiger partial charge is 0.391 e. The minimum Gasteiger partial charge on any atom is -0.391 e. The van der Waals surface area contributed by atoms with Gasteiger partial charge in [-0.3, -0.25) is 0 Å². The summed E-state index contributed by atoms with van der Waals surface area (Å²) in [7, 11) is -3.63. The van der Waals surface area contributed by atoms with Gasteiger partial charge in [0.1, 0.15) is 0 Å². The van der Waals surface area contributed by atoms with Crippen LogP contribution in [0.2, 0.25) is 0 Å². The number of rotatable bonds is 8. The van der Waals surface area contributed by atoms with E-state index in [0.717, 1.165) is 18.4 Å². The van der Waals surface area contributed by atoms with E-state index in [1.54, 1.807) is 12.1 Å². The van der Waals surface area contributed by atoms with Crippen molar-refractivity contribution in [3.63, 3.8) is 0 Å². The van der Waals surface area contributed by atoms with Crippen LogP contribution in [-0.4, -0.2) is 26.2 Å². The molecule has 0 aromatic heterocycles. The van der Waals surface area contributed by atoms with Crippen LogP contribution >= 0.6 is 0 Å². The zero-order valence-corrected chi connectivity index (χ0v) is 13.2. The molecule has 0 heterocycles. The predicted octanol–water partition coefficient (Wildman–Crippen LogP) is 1.83. The van der Waals surface area contributed by atoms with Crippen LogP contribution in [0.4, 0.5) is 0 Å². The minimum absolute atomic E-state index is 0.00856. The van der Waals surface area contributed by atoms with Gasteiger partial charge in [0.25, 0.3) is 0 Å². The van der Waals surface area contributed by atoms with Crippen molar-refractivity contribution in [2.75, 3.05) is 6.54 Å². The first kappa shape index (κ1) is 17.6. The third-order valence-corrected chi connectivity index (χ3v) is 5.03. The molecule has 2 N–H and O–H groups in total. The summed E-state index contributed by atoms with van der Waals surface area (Å²) in [5, 5.41) is 18.6. The van der Waals surface area contributed by atoms with Gasteiger partial charge >= 0.3 is 0 Å². The minimum atomic E-state index is -3.63. The molecule has 21 heavy (non-hydrogen) atoms. The lowest BCUT2D eigenvalue weighted by atomic mass is 9.97. The molecular formula is C15H22N2O3S. The maximum Gasteiger partial charge on any atom is 0.240 e. The normalized spacial score (nSPS) is 13.1. The van der Waals surface area contributed by atoms with Crippen LogP contribution in [-0.2, 0) is 16.4 Å². The molecule has 0 spiro atoms. The van der Waals surface area contributed by atoms with E-state index in [0.29, 0.717) is 0 Å². The second-order valence-electron chi connectivity index (χ2n) is 4.97. The van der Waals surface area contributed by atoms with Crippen LogP contribution in [0.3, 0.4) is 0 Å². The lowest BCUT2D eigenvalue weighted by Crippen LogP contribution is -2.36. The molecule has 1 atom stereocenters. The lowest BCUT2D eigenvalue weighted by Gasteiger charge is -2.20. The van der Waals surface area contributed by atoms with Crippen LogP contribution in [0.25, 0.3) is 0 Å². The molecule has 5 nitrogen and oxygen atoms in total. The Labute approximate surface area is 126 Å². The fourth-order valence-corrected chi connectivity index (χ4v) is 3.21. The molecule has 0 saturated heterocycles. The van der Waals surface area contributed by atoms with Crippen molar-refractivity contribution in [3.8, 4) is 6.07 Å². The Morgan fingerprint density at radius 2 is 1.81 bits per heavy atom. The van der Waals surface area contributed by atoms with Gasteiger partial charge in [0, 0.05) is 6.54 Å². The summed E-state index contributed by atoms with van der Waals surface area (Å²) in [6.07, 6.45) is 1.18. The van der Waals surface area contributed by atoms with Gasteiger partial charge in [-0.05, 0) is 23.6 Å². The van der Waals surface area contributed by atoms with Gasteiger partial charge in [0.2, 0.25) is 10.0 Å². The molecule has 6 heteroatoms. The Balaban J connectivity index is 2.71. The molecular weight excluding hydrogens is 288 g/mol. The predicted molar refractivity (Wildman–Crippen MR) is 81.0 cm³/mol. The van der Waals surface area contributed by atoms with E-state index < -0.39 is 16.1 Å². The molecule has 1 rings (SSSR count). The topological polar surface area (TPSA) is 90.2 Å². The Morgan fingerprint density at radius 3 is 2.29 bits per heavy atom. The van der Waals surface area contributed by atoms with Gasteiger partial charge in [-0.1, -0.05) is 38.8 Å². The van der Waals surface area contributed by atoms with Crippen LogP contribution in [0.5, 0.6) is 0 Å². The van der Waals surface area contributed by atoms with Crippen LogP contribution in [0.1, 0.15) is 32.3 Å². The Bertz CT molecular complexity index is 572. The number of nitriles is 1. The second-order valence-corrected chi connectivity index (χ2v) is 6.74. The standard InChI is InChI=1S/C15H22N2O3S/c1-3-13(4-2)15(18)11-17-21(19,20)14-7-5-12(6-8-14)9-10-16/h5-8,13,15,17-18H,3-4,9,11H2,1-2H3. The Hall–Kier alpha value is -1.42. The number of sulfonamides is 1. The molecule has 1 unspecified atom stereocenters. The number of benzene rings is 1. The third kappa shape index (κ3) is 5.12. The highest BCUT2D eigenvalue weighted by Gasteiger charge is 2.20. The van der Waals surface area contributed by atoms with Gasteiger partial charge in [0.05, 0.1) is 23.5 Å². The smallest absolute Gasteiger partial charge is 0.240 e. The first-order valence-corrected chi connectivity index (χ1v) is 8.56. The number of aliphatic hydroxyl groups excluding tert-OH is 1. The fourth-order valence-electron chi connectivity index (χ4n) is 2.16. The maximum atomic E-state index is 12.1. The SMILES string of the molecule is CCC(CC)C(O)CNS(=O)(=O)c1ccc(CC#N)cc1. The molecule has 0 saturated carbocycles. The van der Waals surface area contributed by atoms with E-state index >= 15 is 0 Å². The first-order chi connectivity index (χ1) is 9.94. The molecule has 0 aliphatic heterocycles. The zero-order chi connectivity index (χ0) is 15.9. The number of nitrogens with one attached hydrogen (secondary N) is 1. The average Bonchev–Trinajstić information content (AvgIpc) is 2.47. The first-order valence-electron chi connectivity index (χ1n) is 7.08. The van der Waals surface area contributed by atoms with Crippen molar-refractivity contribution >= 4 is 10.0 Å². The zero-order valence-electron chi connectivity index (χ0n) is 12.4. The summed E-state index contributed by atoms with van der Waals surface area (Å²) in [5.74, 6) is 0.0886. The summed E-state index contributed by atoms with van der Waals surface area (Å²) in [5.41, 5.74) is 0.772. The Morgan fingerprint density at radius 1 is 1.24 bits per heavy atom. The van der Waals surface area contributed by atoms with Gasteiger partial charge in [-0.25, -0.2) is 13.1 Å². The maximum absolute atomic E-state index is 12.1. The average molecular weight is 310 g/mol. The van der Waals surface area contributed by atoms with E-state index in [-0.39, 0.29) is 23.8 Å². The molecule has 0 fully saturated rings. The summed E-state index contributed by atoms with van der Waals surface area (Å²) in [4.78, 5) is 0.140. The van der Waals surface area contributed by atoms with Gasteiger partial charge in [0.15, 0.2) is 0 Å². The fraction of sp³-hybridized carbons (Fsp3) is 0.533. The van der Waals surface area contributed by atoms with Crippen molar-refractivity contribution in [2.45, 2.75) is 44.1 Å². The van der Waals surface area contributed by atoms with Gasteiger partial charge in [-0.15, -0.1) is 0 Å². The van der Waals surface area contributed by atoms with E-state index in [2.05, 4.69) is 4.72 Å². The van der Waals surface area contributed by atoms with E-state index in [4.69, 9.17) is 5.26 Å². The molecule has 1 aromatic carbocycles. The number of hydrogen-bond acceptors (Lipinski definition) is 4. The molecule has 1 aromatic rings. The van der Waals surface area contributed by atoms with Crippen molar-refractivity contribution in [3.05, 3.63) is 29.8 Å². The lowest BCUT2D eigenvalue weighted by molar-refractivity contribution is 0.107. The van der Waals surface area contributed by atoms with Crippen molar-refractivity contribution in [1.29, 1.82) is 5.26 Å². The molecule has 0 amide bonds. The van der Waals surface area contributed by atoms with Crippen LogP contribution in [0, 0.1) is 17.2 Å². The monoisotopic (exact) mass is 310 g/mol. The summed E-state index contributed by atoms with van der Waals surface area (Å²) < 4.78 is 26.7. The van der Waals surface area contributed by atoms with Gasteiger partial charge in [-0.2, -0.15) is 5.26 Å². The highest BCUT2D eigenvalue weighted by molar-refractivity contribution is 7.89. The molecule has 0 aliphatic carbocycles. The summed E-state index contributed by atoms with van der Waals surface area (Å²) >= 11 is 0. The van der Waals surface area contributed by atoms with Crippen molar-refractivity contribution < 1.29 is 13.5 Å². The number of hydrogen-bond donors (Lipinski definition) is 2. The molecule has 0 radical (unpaired) electrons. The molecule has 116 valence electrons. The van der Waals surface area contributed by atoms with E-state index in [1.165, 1.54) is 12.1 Å². The quantitative estimate of drug-likeness (QED) is 0.766. The van der Waals surface area contributed by atoms with Crippen molar-refractivity contribution in [1.82, 2.24) is 4.72 Å². The number of aliphatic hydroxyl groups is 1. The highest BCUT2D eigenvalue weighted by Crippen LogP contribution is 2.14. The Kier molecular flexibility index (Phi) is 6.82. The van der Waals surface area contributed by atoms with Gasteiger partial charge < -0.3 is 5.11 Å². The van der Waals surface area contributed by atoms with Crippen LogP contribution < -0.4 is 4.72 Å². The molecule has 0 bridgehead atoms. The molecule has 0 aliphatic rings. The highest BCUT2D eigenvalue weighted by atomic mass is 32.2. The van der Waals surface area contributed by atoms with Crippen LogP contribution in [0.15, 0.2) is 29.2 Å². The van der Waals surface area contributed by atoms with E-state index in [9.17, 15) is 13.5 Å². The van der Waals surface area contributed by atoms with Crippen molar-refractivity contribution in [2.24, 2.45) is 5.92 Å². The van der Waals surface area contributed by atoms with E-state index in [1.807, 2.05) is 19.9 Å². The summed E-state index contributed by atoms with van der Waals surface area (Å²) in [6.45, 7) is 3.95. The number of nitrogens with zero attached hydrogens (tertiary/aromatic N) is 1.